The van der Waals surface area contributed by atoms with Gasteiger partial charge in [0.15, 0.2) is 22.7 Å². The third-order valence-electron chi connectivity index (χ3n) is 7.77. The number of carbonyl (C=O) groups is 1. The van der Waals surface area contributed by atoms with Gasteiger partial charge in [0.1, 0.15) is 16.7 Å². The molecule has 0 amide bonds. The van der Waals surface area contributed by atoms with Gasteiger partial charge >= 0.3 is 0 Å². The number of hydrogen-bond acceptors (Lipinski definition) is 8. The molecule has 1 N–H and O–H groups in total. The molecular formula is C26H43NO7Si. The number of methoxy groups -OCH3 is 4. The third-order valence-corrected chi connectivity index (χ3v) is 8.06. The summed E-state index contributed by atoms with van der Waals surface area (Å²) in [6.45, 7) is 8.61. The van der Waals surface area contributed by atoms with Gasteiger partial charge in [-0.1, -0.05) is 40.5 Å². The maximum Gasteiger partial charge on any atom is 0.204 e. The Hall–Kier alpha value is -1.49. The minimum absolute atomic E-state index is 0.0469. The summed E-state index contributed by atoms with van der Waals surface area (Å²) >= 11 is 0. The lowest BCUT2D eigenvalue weighted by Gasteiger charge is -2.62. The highest BCUT2D eigenvalue weighted by atomic mass is 28.2. The first-order valence-electron chi connectivity index (χ1n) is 12.4. The van der Waals surface area contributed by atoms with E-state index in [1.54, 1.807) is 21.3 Å². The number of aliphatic hydroxyl groups is 1. The number of nitrogens with zero attached hydrogens (tertiary/aromatic N) is 1. The third kappa shape index (κ3) is 4.44. The fourth-order valence-corrected chi connectivity index (χ4v) is 6.47. The molecule has 8 nitrogen and oxygen atoms in total. The van der Waals surface area contributed by atoms with E-state index in [4.69, 9.17) is 23.4 Å². The van der Waals surface area contributed by atoms with Crippen molar-refractivity contribution in [1.82, 2.24) is 4.90 Å². The summed E-state index contributed by atoms with van der Waals surface area (Å²) in [6, 6.07) is 3.32. The number of ether oxygens (including phenoxy) is 4. The van der Waals surface area contributed by atoms with Gasteiger partial charge in [0, 0.05) is 20.3 Å². The molecule has 0 spiro atoms. The maximum absolute atomic E-state index is 14.4. The molecule has 1 aromatic carbocycles. The first-order valence-corrected chi connectivity index (χ1v) is 13.2. The van der Waals surface area contributed by atoms with Gasteiger partial charge in [0.05, 0.1) is 26.9 Å². The zero-order chi connectivity index (χ0) is 26.2. The quantitative estimate of drug-likeness (QED) is 0.507. The topological polar surface area (TPSA) is 86.7 Å². The lowest BCUT2D eigenvalue weighted by Crippen LogP contribution is -2.78. The Balaban J connectivity index is 2.39. The molecule has 198 valence electrons. The van der Waals surface area contributed by atoms with Crippen molar-refractivity contribution in [2.45, 2.75) is 82.9 Å². The summed E-state index contributed by atoms with van der Waals surface area (Å²) in [7, 11) is 6.74. The molecule has 3 rings (SSSR count). The molecule has 35 heavy (non-hydrogen) atoms. The highest BCUT2D eigenvalue weighted by Crippen LogP contribution is 2.55. The van der Waals surface area contributed by atoms with Crippen LogP contribution in [0.15, 0.2) is 12.1 Å². The van der Waals surface area contributed by atoms with E-state index in [1.807, 2.05) is 19.1 Å². The summed E-state index contributed by atoms with van der Waals surface area (Å²) < 4.78 is 29.1. The van der Waals surface area contributed by atoms with Crippen LogP contribution in [-0.4, -0.2) is 84.8 Å². The van der Waals surface area contributed by atoms with Crippen LogP contribution in [0.4, 0.5) is 0 Å². The van der Waals surface area contributed by atoms with Crippen molar-refractivity contribution < 1.29 is 33.3 Å². The Bertz CT molecular complexity index is 920. The Kier molecular flexibility index (Phi) is 8.40. The smallest absolute Gasteiger partial charge is 0.204 e. The van der Waals surface area contributed by atoms with Crippen LogP contribution in [0, 0.1) is 5.41 Å². The second-order valence-corrected chi connectivity index (χ2v) is 11.4. The van der Waals surface area contributed by atoms with Crippen molar-refractivity contribution in [2.24, 2.45) is 5.41 Å². The van der Waals surface area contributed by atoms with Crippen LogP contribution in [-0.2, 0) is 25.1 Å². The Labute approximate surface area is 212 Å². The van der Waals surface area contributed by atoms with E-state index < -0.39 is 23.5 Å². The fourth-order valence-electron chi connectivity index (χ4n) is 6.04. The van der Waals surface area contributed by atoms with Crippen LogP contribution in [0.25, 0.3) is 0 Å². The van der Waals surface area contributed by atoms with Gasteiger partial charge in [-0.05, 0) is 41.5 Å². The molecule has 2 aliphatic heterocycles. The minimum Gasteiger partial charge on any atom is -0.493 e. The van der Waals surface area contributed by atoms with E-state index in [0.717, 1.165) is 17.5 Å². The number of Topliss-reactive ketones (excluding diaryl/α,β-unsaturated/α-hetero) is 1. The number of carbonyl (C=O) groups excluding carboxylic acids is 1. The maximum atomic E-state index is 14.4. The molecule has 0 aliphatic carbocycles. The SMILES string of the molecule is CCCCC1(O)C(=O)C(CO[SiH3])(OC)C2c3cc(OC)c(OC)cc3C[C@@H](C(C)(C)C)N2C1OC. The second kappa shape index (κ2) is 10.5. The van der Waals surface area contributed by atoms with Gasteiger partial charge in [0.25, 0.3) is 0 Å². The van der Waals surface area contributed by atoms with Gasteiger partial charge in [-0.15, -0.1) is 0 Å². The second-order valence-electron chi connectivity index (χ2n) is 10.8. The number of rotatable bonds is 9. The van der Waals surface area contributed by atoms with E-state index in [0.29, 0.717) is 34.8 Å². The van der Waals surface area contributed by atoms with Gasteiger partial charge < -0.3 is 28.5 Å². The van der Waals surface area contributed by atoms with E-state index in [2.05, 4.69) is 25.7 Å². The molecule has 1 saturated heterocycles. The molecule has 9 heteroatoms. The van der Waals surface area contributed by atoms with Crippen molar-refractivity contribution in [1.29, 1.82) is 0 Å². The molecular weight excluding hydrogens is 466 g/mol. The molecule has 5 atom stereocenters. The highest BCUT2D eigenvalue weighted by molar-refractivity contribution is 6.00. The summed E-state index contributed by atoms with van der Waals surface area (Å²) in [4.78, 5) is 16.5. The molecule has 1 fully saturated rings. The standard InChI is InChI=1S/C26H43NO7Si/c1-9-10-11-25(29)22(28)26(33-8,15-34-35)21-17-14-19(31-6)18(30-5)12-16(17)13-20(24(2,3)4)27(21)23(25)32-7/h12,14,20-21,23,29H,9-11,13,15H2,1-8,35H3/t20-,21?,23?,25?,26?/m0/s1. The summed E-state index contributed by atoms with van der Waals surface area (Å²) in [5.41, 5.74) is -1.41. The van der Waals surface area contributed by atoms with Crippen molar-refractivity contribution in [3.8, 4) is 11.5 Å². The largest absolute Gasteiger partial charge is 0.493 e. The number of piperidine rings is 1. The summed E-state index contributed by atoms with van der Waals surface area (Å²) in [5, 5.41) is 12.1. The Morgan fingerprint density at radius 3 is 2.26 bits per heavy atom. The Morgan fingerprint density at radius 2 is 1.77 bits per heavy atom. The van der Waals surface area contributed by atoms with Crippen molar-refractivity contribution in [3.05, 3.63) is 23.3 Å². The Morgan fingerprint density at radius 1 is 1.14 bits per heavy atom. The van der Waals surface area contributed by atoms with Crippen molar-refractivity contribution in [3.63, 3.8) is 0 Å². The van der Waals surface area contributed by atoms with Crippen LogP contribution in [0.1, 0.15) is 64.1 Å². The van der Waals surface area contributed by atoms with Crippen LogP contribution < -0.4 is 9.47 Å². The van der Waals surface area contributed by atoms with E-state index in [9.17, 15) is 9.90 Å². The molecule has 0 radical (unpaired) electrons. The average Bonchev–Trinajstić information content (AvgIpc) is 2.83. The predicted octanol–water partition coefficient (Wildman–Crippen LogP) is 2.18. The van der Waals surface area contributed by atoms with Crippen LogP contribution in [0.3, 0.4) is 0 Å². The van der Waals surface area contributed by atoms with Gasteiger partial charge in [-0.25, -0.2) is 0 Å². The monoisotopic (exact) mass is 509 g/mol. The van der Waals surface area contributed by atoms with Crippen molar-refractivity contribution >= 4 is 16.3 Å². The van der Waals surface area contributed by atoms with Crippen LogP contribution >= 0.6 is 0 Å². The van der Waals surface area contributed by atoms with Crippen LogP contribution in [0.2, 0.25) is 0 Å². The summed E-state index contributed by atoms with van der Waals surface area (Å²) in [6.07, 6.45) is 1.66. The number of ketones is 1. The molecule has 4 unspecified atom stereocenters. The van der Waals surface area contributed by atoms with E-state index in [-0.39, 0.29) is 30.3 Å². The number of benzene rings is 1. The fraction of sp³-hybridized carbons (Fsp3) is 0.731. The van der Waals surface area contributed by atoms with Gasteiger partial charge in [-0.3, -0.25) is 9.69 Å². The average molecular weight is 510 g/mol. The highest BCUT2D eigenvalue weighted by Gasteiger charge is 2.68. The van der Waals surface area contributed by atoms with E-state index >= 15 is 0 Å². The van der Waals surface area contributed by atoms with Crippen molar-refractivity contribution in [2.75, 3.05) is 35.0 Å². The lowest BCUT2D eigenvalue weighted by atomic mass is 9.64. The first kappa shape index (κ1) is 28.1. The summed E-state index contributed by atoms with van der Waals surface area (Å²) in [5.74, 6) is 0.824. The number of fused-ring (bicyclic) bond motifs is 3. The van der Waals surface area contributed by atoms with Gasteiger partial charge in [0.2, 0.25) is 5.78 Å². The van der Waals surface area contributed by atoms with Crippen LogP contribution in [0.5, 0.6) is 11.5 Å². The molecule has 1 aromatic rings. The lowest BCUT2D eigenvalue weighted by molar-refractivity contribution is -0.265. The van der Waals surface area contributed by atoms with E-state index in [1.165, 1.54) is 7.11 Å². The zero-order valence-corrected chi connectivity index (χ0v) is 24.8. The molecule has 0 aromatic heterocycles. The zero-order valence-electron chi connectivity index (χ0n) is 22.8. The predicted molar refractivity (Wildman–Crippen MR) is 137 cm³/mol. The molecule has 2 aliphatic rings. The number of hydrogen-bond donors (Lipinski definition) is 1. The molecule has 0 bridgehead atoms. The van der Waals surface area contributed by atoms with Gasteiger partial charge in [-0.2, -0.15) is 0 Å². The number of unbranched alkanes of at least 4 members (excludes halogenated alkanes) is 1. The first-order chi connectivity index (χ1) is 16.5. The minimum atomic E-state index is -1.74. The normalized spacial score (nSPS) is 31.2. The molecule has 2 heterocycles. The molecule has 0 saturated carbocycles.